The molecule has 1 N–H and O–H groups in total. The molecule has 120 valence electrons. The number of rotatable bonds is 5. The third-order valence-corrected chi connectivity index (χ3v) is 8.20. The largest absolute Gasteiger partial charge is 0.312 e. The SMILES string of the molecule is CCNCc1sc(C2SCCSC2CC)nc1C(C)(C)C. The Bertz CT molecular complexity index is 451. The van der Waals surface area contributed by atoms with Gasteiger partial charge in [-0.2, -0.15) is 11.8 Å². The van der Waals surface area contributed by atoms with Gasteiger partial charge in [0.2, 0.25) is 0 Å². The second-order valence-corrected chi connectivity index (χ2v) is 10.2. The van der Waals surface area contributed by atoms with E-state index >= 15 is 0 Å². The van der Waals surface area contributed by atoms with E-state index in [1.54, 1.807) is 0 Å². The third kappa shape index (κ3) is 4.40. The molecule has 1 aliphatic heterocycles. The second kappa shape index (κ2) is 7.71. The monoisotopic (exact) mass is 344 g/mol. The normalized spacial score (nSPS) is 23.5. The molecule has 2 nitrogen and oxygen atoms in total. The van der Waals surface area contributed by atoms with Crippen LogP contribution in [0, 0.1) is 0 Å². The first-order valence-electron chi connectivity index (χ1n) is 7.91. The average molecular weight is 345 g/mol. The highest BCUT2D eigenvalue weighted by Gasteiger charge is 2.31. The number of aromatic nitrogens is 1. The topological polar surface area (TPSA) is 24.9 Å². The Labute approximate surface area is 142 Å². The predicted molar refractivity (Wildman–Crippen MR) is 99.9 cm³/mol. The lowest BCUT2D eigenvalue weighted by molar-refractivity contribution is 0.558. The zero-order chi connectivity index (χ0) is 15.5. The Morgan fingerprint density at radius 2 is 1.90 bits per heavy atom. The number of thiazole rings is 1. The van der Waals surface area contributed by atoms with Gasteiger partial charge >= 0.3 is 0 Å². The van der Waals surface area contributed by atoms with Crippen molar-refractivity contribution in [3.8, 4) is 0 Å². The molecule has 21 heavy (non-hydrogen) atoms. The molecule has 0 aliphatic carbocycles. The van der Waals surface area contributed by atoms with Gasteiger partial charge in [-0.05, 0) is 13.0 Å². The summed E-state index contributed by atoms with van der Waals surface area (Å²) in [4.78, 5) is 6.54. The van der Waals surface area contributed by atoms with Gasteiger partial charge in [0.05, 0.1) is 10.9 Å². The Morgan fingerprint density at radius 1 is 1.19 bits per heavy atom. The van der Waals surface area contributed by atoms with E-state index < -0.39 is 0 Å². The molecule has 0 radical (unpaired) electrons. The molecular weight excluding hydrogens is 316 g/mol. The first-order chi connectivity index (χ1) is 9.97. The molecule has 1 aliphatic rings. The quantitative estimate of drug-likeness (QED) is 0.825. The molecular formula is C16H28N2S3. The van der Waals surface area contributed by atoms with E-state index in [-0.39, 0.29) is 5.41 Å². The molecule has 0 amide bonds. The van der Waals surface area contributed by atoms with Crippen molar-refractivity contribution in [2.45, 2.75) is 63.5 Å². The van der Waals surface area contributed by atoms with E-state index in [0.717, 1.165) is 18.3 Å². The van der Waals surface area contributed by atoms with Crippen LogP contribution in [0.4, 0.5) is 0 Å². The van der Waals surface area contributed by atoms with E-state index in [1.807, 2.05) is 11.3 Å². The summed E-state index contributed by atoms with van der Waals surface area (Å²) in [6.45, 7) is 13.3. The molecule has 0 aromatic carbocycles. The summed E-state index contributed by atoms with van der Waals surface area (Å²) in [5, 5.41) is 6.16. The Balaban J connectivity index is 2.29. The van der Waals surface area contributed by atoms with Crippen molar-refractivity contribution < 1.29 is 0 Å². The number of nitrogens with one attached hydrogen (secondary N) is 1. The second-order valence-electron chi connectivity index (χ2n) is 6.46. The Morgan fingerprint density at radius 3 is 2.52 bits per heavy atom. The van der Waals surface area contributed by atoms with Crippen LogP contribution in [0.3, 0.4) is 0 Å². The number of hydrogen-bond donors (Lipinski definition) is 1. The van der Waals surface area contributed by atoms with Crippen molar-refractivity contribution in [3.05, 3.63) is 15.6 Å². The lowest BCUT2D eigenvalue weighted by Crippen LogP contribution is -2.20. The average Bonchev–Trinajstić information content (AvgIpc) is 2.89. The van der Waals surface area contributed by atoms with E-state index in [1.165, 1.54) is 33.5 Å². The number of hydrogen-bond acceptors (Lipinski definition) is 5. The molecule has 0 bridgehead atoms. The van der Waals surface area contributed by atoms with Crippen LogP contribution in [0.5, 0.6) is 0 Å². The molecule has 5 heteroatoms. The fraction of sp³-hybridized carbons (Fsp3) is 0.812. The maximum absolute atomic E-state index is 5.10. The summed E-state index contributed by atoms with van der Waals surface area (Å²) >= 11 is 6.19. The van der Waals surface area contributed by atoms with Crippen LogP contribution in [-0.2, 0) is 12.0 Å². The number of thioether (sulfide) groups is 2. The van der Waals surface area contributed by atoms with Gasteiger partial charge in [-0.1, -0.05) is 34.6 Å². The molecule has 2 atom stereocenters. The van der Waals surface area contributed by atoms with Crippen LogP contribution in [-0.4, -0.2) is 28.3 Å². The Kier molecular flexibility index (Phi) is 6.48. The van der Waals surface area contributed by atoms with Crippen molar-refractivity contribution in [1.82, 2.24) is 10.3 Å². The van der Waals surface area contributed by atoms with Crippen LogP contribution < -0.4 is 5.32 Å². The standard InChI is InChI=1S/C16H28N2S3/c1-6-11-13(20-9-8-19-11)15-18-14(16(3,4)5)12(21-15)10-17-7-2/h11,13,17H,6-10H2,1-5H3. The Hall–Kier alpha value is 0.290. The molecule has 1 aromatic rings. The first-order valence-corrected chi connectivity index (χ1v) is 10.8. The van der Waals surface area contributed by atoms with E-state index in [0.29, 0.717) is 5.25 Å². The summed E-state index contributed by atoms with van der Waals surface area (Å²) in [7, 11) is 0. The van der Waals surface area contributed by atoms with E-state index in [2.05, 4.69) is 63.5 Å². The first kappa shape index (κ1) is 17.6. The highest BCUT2D eigenvalue weighted by molar-refractivity contribution is 8.06. The fourth-order valence-corrected chi connectivity index (χ4v) is 7.23. The predicted octanol–water partition coefficient (Wildman–Crippen LogP) is 4.85. The van der Waals surface area contributed by atoms with Crippen LogP contribution in [0.15, 0.2) is 0 Å². The van der Waals surface area contributed by atoms with Gasteiger partial charge in [0.1, 0.15) is 5.01 Å². The van der Waals surface area contributed by atoms with Gasteiger partial charge in [-0.25, -0.2) is 4.98 Å². The van der Waals surface area contributed by atoms with Crippen molar-refractivity contribution in [3.63, 3.8) is 0 Å². The molecule has 2 unspecified atom stereocenters. The molecule has 1 aromatic heterocycles. The van der Waals surface area contributed by atoms with Crippen molar-refractivity contribution >= 4 is 34.9 Å². The van der Waals surface area contributed by atoms with E-state index in [9.17, 15) is 0 Å². The number of nitrogens with zero attached hydrogens (tertiary/aromatic N) is 1. The van der Waals surface area contributed by atoms with Gasteiger partial charge in [-0.15, -0.1) is 23.1 Å². The fourth-order valence-electron chi connectivity index (χ4n) is 2.57. The summed E-state index contributed by atoms with van der Waals surface area (Å²) in [6, 6.07) is 0. The smallest absolute Gasteiger partial charge is 0.107 e. The van der Waals surface area contributed by atoms with Crippen molar-refractivity contribution in [1.29, 1.82) is 0 Å². The lowest BCUT2D eigenvalue weighted by Gasteiger charge is -2.28. The molecule has 2 rings (SSSR count). The maximum Gasteiger partial charge on any atom is 0.107 e. The van der Waals surface area contributed by atoms with Crippen LogP contribution in [0.1, 0.15) is 61.9 Å². The highest BCUT2D eigenvalue weighted by Crippen LogP contribution is 2.46. The summed E-state index contributed by atoms with van der Waals surface area (Å²) < 4.78 is 0. The zero-order valence-corrected chi connectivity index (χ0v) is 16.3. The molecule has 0 spiro atoms. The lowest BCUT2D eigenvalue weighted by atomic mass is 9.91. The minimum atomic E-state index is 0.133. The molecule has 2 heterocycles. The highest BCUT2D eigenvalue weighted by atomic mass is 32.2. The van der Waals surface area contributed by atoms with Crippen molar-refractivity contribution in [2.24, 2.45) is 0 Å². The van der Waals surface area contributed by atoms with Gasteiger partial charge in [0.25, 0.3) is 0 Å². The van der Waals surface area contributed by atoms with Gasteiger partial charge in [0.15, 0.2) is 0 Å². The molecule has 1 fully saturated rings. The zero-order valence-electron chi connectivity index (χ0n) is 13.9. The summed E-state index contributed by atoms with van der Waals surface area (Å²) in [5.41, 5.74) is 1.43. The minimum absolute atomic E-state index is 0.133. The van der Waals surface area contributed by atoms with Crippen LogP contribution in [0.25, 0.3) is 0 Å². The summed E-state index contributed by atoms with van der Waals surface area (Å²) in [6.07, 6.45) is 1.25. The van der Waals surface area contributed by atoms with Crippen LogP contribution >= 0.6 is 34.9 Å². The molecule has 0 saturated carbocycles. The van der Waals surface area contributed by atoms with Crippen LogP contribution in [0.2, 0.25) is 0 Å². The van der Waals surface area contributed by atoms with Gasteiger partial charge in [-0.3, -0.25) is 0 Å². The third-order valence-electron chi connectivity index (χ3n) is 3.66. The van der Waals surface area contributed by atoms with Crippen molar-refractivity contribution in [2.75, 3.05) is 18.1 Å². The van der Waals surface area contributed by atoms with Gasteiger partial charge in [0, 0.05) is 33.6 Å². The minimum Gasteiger partial charge on any atom is -0.312 e. The van der Waals surface area contributed by atoms with Gasteiger partial charge < -0.3 is 5.32 Å². The van der Waals surface area contributed by atoms with E-state index in [4.69, 9.17) is 4.98 Å². The maximum atomic E-state index is 5.10. The molecule has 1 saturated heterocycles. The summed E-state index contributed by atoms with van der Waals surface area (Å²) in [5.74, 6) is 2.56.